The molecule has 0 bridgehead atoms. The van der Waals surface area contributed by atoms with Crippen LogP contribution in [0.2, 0.25) is 0 Å². The van der Waals surface area contributed by atoms with E-state index in [0.29, 0.717) is 24.5 Å². The molecule has 8 heteroatoms. The number of ketones is 1. The van der Waals surface area contributed by atoms with Crippen molar-refractivity contribution in [2.45, 2.75) is 32.6 Å². The normalized spacial score (nSPS) is 23.2. The van der Waals surface area contributed by atoms with Crippen LogP contribution >= 0.6 is 0 Å². The van der Waals surface area contributed by atoms with E-state index in [0.717, 1.165) is 11.1 Å². The van der Waals surface area contributed by atoms with Gasteiger partial charge in [0.25, 0.3) is 0 Å². The second-order valence-corrected chi connectivity index (χ2v) is 8.94. The number of amides is 2. The second-order valence-electron chi connectivity index (χ2n) is 8.94. The predicted molar refractivity (Wildman–Crippen MR) is 135 cm³/mol. The van der Waals surface area contributed by atoms with Crippen LogP contribution in [-0.4, -0.2) is 57.0 Å². The first-order chi connectivity index (χ1) is 17.4. The zero-order chi connectivity index (χ0) is 26.0. The minimum atomic E-state index is -1.20. The van der Waals surface area contributed by atoms with Crippen molar-refractivity contribution in [3.8, 4) is 0 Å². The van der Waals surface area contributed by atoms with Crippen LogP contribution in [0.3, 0.4) is 0 Å². The quantitative estimate of drug-likeness (QED) is 0.415. The number of methoxy groups -OCH3 is 1. The van der Waals surface area contributed by atoms with Crippen molar-refractivity contribution >= 4 is 34.9 Å². The molecule has 4 rings (SSSR count). The third-order valence-electron chi connectivity index (χ3n) is 7.15. The summed E-state index contributed by atoms with van der Waals surface area (Å²) < 4.78 is 10.5. The van der Waals surface area contributed by atoms with Crippen molar-refractivity contribution in [2.75, 3.05) is 43.2 Å². The number of benzene rings is 2. The van der Waals surface area contributed by atoms with Gasteiger partial charge < -0.3 is 19.3 Å². The van der Waals surface area contributed by atoms with E-state index < -0.39 is 29.6 Å². The first-order valence-electron chi connectivity index (χ1n) is 12.4. The Bertz CT molecular complexity index is 1090. The molecule has 2 amide bonds. The van der Waals surface area contributed by atoms with Crippen LogP contribution in [0.1, 0.15) is 43.7 Å². The van der Waals surface area contributed by atoms with E-state index in [-0.39, 0.29) is 30.8 Å². The molecule has 2 heterocycles. The maximum Gasteiger partial charge on any atom is 0.319 e. The summed E-state index contributed by atoms with van der Waals surface area (Å²) >= 11 is 0. The van der Waals surface area contributed by atoms with Gasteiger partial charge in [0.05, 0.1) is 6.61 Å². The van der Waals surface area contributed by atoms with Crippen LogP contribution in [0.15, 0.2) is 48.5 Å². The Kier molecular flexibility index (Phi) is 7.54. The number of rotatable bonds is 8. The fourth-order valence-corrected chi connectivity index (χ4v) is 5.77. The molecule has 2 aromatic carbocycles. The van der Waals surface area contributed by atoms with Crippen molar-refractivity contribution in [2.24, 2.45) is 11.8 Å². The van der Waals surface area contributed by atoms with E-state index >= 15 is 0 Å². The lowest BCUT2D eigenvalue weighted by Gasteiger charge is -2.46. The zero-order valence-electron chi connectivity index (χ0n) is 21.1. The van der Waals surface area contributed by atoms with Crippen molar-refractivity contribution in [3.05, 3.63) is 59.7 Å². The number of hydrogen-bond donors (Lipinski definition) is 0. The summed E-state index contributed by atoms with van der Waals surface area (Å²) in [6, 6.07) is 14.8. The van der Waals surface area contributed by atoms with Gasteiger partial charge in [0.2, 0.25) is 11.8 Å². The number of esters is 1. The number of Topliss-reactive ketones (excluding diaryl/α,β-unsaturated/α-hetero) is 1. The van der Waals surface area contributed by atoms with Gasteiger partial charge in [-0.3, -0.25) is 19.2 Å². The topological polar surface area (TPSA) is 93.2 Å². The van der Waals surface area contributed by atoms with E-state index in [1.54, 1.807) is 16.7 Å². The monoisotopic (exact) mass is 492 g/mol. The fourth-order valence-electron chi connectivity index (χ4n) is 5.77. The average molecular weight is 493 g/mol. The highest BCUT2D eigenvalue weighted by Crippen LogP contribution is 2.54. The SMILES string of the molecule is CCOC(=O)[C@@H]1C(=O)N(CC)c2ccccc2[C@@H]1[C@@H]1c2ccccc2N(CC)C(=O)[C@H]1C(=O)COC. The molecule has 2 aliphatic rings. The fraction of sp³-hybridized carbons (Fsp3) is 0.429. The molecule has 8 nitrogen and oxygen atoms in total. The lowest BCUT2D eigenvalue weighted by Crippen LogP contribution is -2.54. The summed E-state index contributed by atoms with van der Waals surface area (Å²) in [6.45, 7) is 6.00. The van der Waals surface area contributed by atoms with Gasteiger partial charge in [-0.25, -0.2) is 0 Å². The van der Waals surface area contributed by atoms with E-state index in [4.69, 9.17) is 9.47 Å². The van der Waals surface area contributed by atoms with Gasteiger partial charge in [-0.05, 0) is 44.0 Å². The molecule has 0 saturated heterocycles. The summed E-state index contributed by atoms with van der Waals surface area (Å²) in [4.78, 5) is 57.7. The van der Waals surface area contributed by atoms with Crippen molar-refractivity contribution in [1.82, 2.24) is 0 Å². The van der Waals surface area contributed by atoms with Crippen LogP contribution in [0.4, 0.5) is 11.4 Å². The molecule has 0 unspecified atom stereocenters. The van der Waals surface area contributed by atoms with Crippen LogP contribution in [0, 0.1) is 11.8 Å². The molecular weight excluding hydrogens is 460 g/mol. The summed E-state index contributed by atoms with van der Waals surface area (Å²) in [6.07, 6.45) is 0. The minimum Gasteiger partial charge on any atom is -0.465 e. The summed E-state index contributed by atoms with van der Waals surface area (Å²) in [5.41, 5.74) is 2.85. The zero-order valence-corrected chi connectivity index (χ0v) is 21.1. The first kappa shape index (κ1) is 25.6. The Morgan fingerprint density at radius 1 is 0.778 bits per heavy atom. The molecule has 0 aromatic heterocycles. The molecule has 2 aliphatic heterocycles. The van der Waals surface area contributed by atoms with Crippen LogP contribution in [0.25, 0.3) is 0 Å². The molecule has 0 spiro atoms. The molecule has 0 N–H and O–H groups in total. The molecule has 0 radical (unpaired) electrons. The number of para-hydroxylation sites is 2. The van der Waals surface area contributed by atoms with Crippen molar-refractivity contribution < 1.29 is 28.7 Å². The summed E-state index contributed by atoms with van der Waals surface area (Å²) in [5.74, 6) is -5.61. The highest BCUT2D eigenvalue weighted by atomic mass is 16.5. The molecule has 190 valence electrons. The summed E-state index contributed by atoms with van der Waals surface area (Å²) in [7, 11) is 1.41. The Morgan fingerprint density at radius 3 is 1.72 bits per heavy atom. The number of ether oxygens (including phenoxy) is 2. The molecule has 36 heavy (non-hydrogen) atoms. The second kappa shape index (κ2) is 10.6. The summed E-state index contributed by atoms with van der Waals surface area (Å²) in [5, 5.41) is 0. The molecule has 0 fully saturated rings. The van der Waals surface area contributed by atoms with Gasteiger partial charge in [-0.1, -0.05) is 36.4 Å². The van der Waals surface area contributed by atoms with Crippen LogP contribution in [-0.2, 0) is 28.7 Å². The largest absolute Gasteiger partial charge is 0.465 e. The molecule has 0 aliphatic carbocycles. The molecular formula is C28H32N2O6. The van der Waals surface area contributed by atoms with Crippen molar-refractivity contribution in [3.63, 3.8) is 0 Å². The maximum absolute atomic E-state index is 13.8. The number of carbonyl (C=O) groups excluding carboxylic acids is 4. The third-order valence-corrected chi connectivity index (χ3v) is 7.15. The van der Waals surface area contributed by atoms with Crippen LogP contribution in [0.5, 0.6) is 0 Å². The van der Waals surface area contributed by atoms with E-state index in [9.17, 15) is 19.2 Å². The first-order valence-corrected chi connectivity index (χ1v) is 12.4. The Hall–Kier alpha value is -3.52. The third kappa shape index (κ3) is 4.09. The molecule has 2 aromatic rings. The number of fused-ring (bicyclic) bond motifs is 2. The number of nitrogens with zero attached hydrogens (tertiary/aromatic N) is 2. The van der Waals surface area contributed by atoms with E-state index in [1.807, 2.05) is 62.4 Å². The van der Waals surface area contributed by atoms with Gasteiger partial charge in [-0.15, -0.1) is 0 Å². The maximum atomic E-state index is 13.8. The smallest absolute Gasteiger partial charge is 0.319 e. The predicted octanol–water partition coefficient (Wildman–Crippen LogP) is 3.30. The van der Waals surface area contributed by atoms with Gasteiger partial charge in [0, 0.05) is 43.4 Å². The van der Waals surface area contributed by atoms with E-state index in [2.05, 4.69) is 0 Å². The number of carbonyl (C=O) groups is 4. The highest BCUT2D eigenvalue weighted by Gasteiger charge is 2.55. The Balaban J connectivity index is 2.02. The van der Waals surface area contributed by atoms with E-state index in [1.165, 1.54) is 7.11 Å². The molecule has 4 atom stereocenters. The van der Waals surface area contributed by atoms with Crippen molar-refractivity contribution in [1.29, 1.82) is 0 Å². The van der Waals surface area contributed by atoms with Gasteiger partial charge in [0.15, 0.2) is 5.78 Å². The number of anilines is 2. The highest BCUT2D eigenvalue weighted by molar-refractivity contribution is 6.13. The standard InChI is InChI=1S/C28H32N2O6/c1-5-29-19-14-10-8-12-17(19)22(24(26(29)32)21(31)16-35-4)23-18-13-9-11-15-20(18)30(6-2)27(33)25(23)28(34)36-7-3/h8-15,22-25H,5-7,16H2,1-4H3/t22-,23+,24-,25-/m0/s1. The molecule has 0 saturated carbocycles. The minimum absolute atomic E-state index is 0.110. The van der Waals surface area contributed by atoms with Gasteiger partial charge >= 0.3 is 5.97 Å². The van der Waals surface area contributed by atoms with Gasteiger partial charge in [-0.2, -0.15) is 0 Å². The lowest BCUT2D eigenvalue weighted by atomic mass is 9.63. The van der Waals surface area contributed by atoms with Crippen LogP contribution < -0.4 is 9.80 Å². The Morgan fingerprint density at radius 2 is 1.25 bits per heavy atom. The average Bonchev–Trinajstić information content (AvgIpc) is 2.87. The Labute approximate surface area is 211 Å². The number of hydrogen-bond acceptors (Lipinski definition) is 6. The lowest BCUT2D eigenvalue weighted by molar-refractivity contribution is -0.154. The van der Waals surface area contributed by atoms with Gasteiger partial charge in [0.1, 0.15) is 18.4 Å².